The van der Waals surface area contributed by atoms with Crippen molar-refractivity contribution < 1.29 is 4.79 Å². The lowest BCUT2D eigenvalue weighted by Crippen LogP contribution is -2.39. The van der Waals surface area contributed by atoms with Gasteiger partial charge in [-0.15, -0.1) is 11.3 Å². The number of carbonyl (C=O) groups is 1. The van der Waals surface area contributed by atoms with Crippen LogP contribution in [0.4, 0.5) is 0 Å². The SMILES string of the molecule is CC1CCN(CCNC(=O)c2csc(CN)n2)CC1. The predicted molar refractivity (Wildman–Crippen MR) is 77.2 cm³/mol. The van der Waals surface area contributed by atoms with Gasteiger partial charge in [-0.1, -0.05) is 6.92 Å². The third-order valence-electron chi connectivity index (χ3n) is 3.55. The topological polar surface area (TPSA) is 71.2 Å². The second-order valence-electron chi connectivity index (χ2n) is 5.11. The van der Waals surface area contributed by atoms with E-state index in [4.69, 9.17) is 5.73 Å². The van der Waals surface area contributed by atoms with Crippen molar-refractivity contribution in [2.75, 3.05) is 26.2 Å². The van der Waals surface area contributed by atoms with Gasteiger partial charge in [0.25, 0.3) is 5.91 Å². The molecule has 0 radical (unpaired) electrons. The van der Waals surface area contributed by atoms with Crippen molar-refractivity contribution in [3.8, 4) is 0 Å². The highest BCUT2D eigenvalue weighted by Gasteiger charge is 2.15. The van der Waals surface area contributed by atoms with Gasteiger partial charge in [0, 0.05) is 25.0 Å². The van der Waals surface area contributed by atoms with Gasteiger partial charge in [0.2, 0.25) is 0 Å². The predicted octanol–water partition coefficient (Wildman–Crippen LogP) is 1.06. The number of likely N-dealkylation sites (tertiary alicyclic amines) is 1. The van der Waals surface area contributed by atoms with Crippen LogP contribution in [0.5, 0.6) is 0 Å². The first-order chi connectivity index (χ1) is 9.19. The van der Waals surface area contributed by atoms with Crippen molar-refractivity contribution in [3.05, 3.63) is 16.1 Å². The van der Waals surface area contributed by atoms with Crippen molar-refractivity contribution in [1.82, 2.24) is 15.2 Å². The first-order valence-electron chi connectivity index (χ1n) is 6.84. The molecule has 1 aliphatic heterocycles. The summed E-state index contributed by atoms with van der Waals surface area (Å²) in [6.07, 6.45) is 2.53. The number of hydrogen-bond donors (Lipinski definition) is 2. The highest BCUT2D eigenvalue weighted by Crippen LogP contribution is 2.15. The molecule has 1 amide bonds. The Labute approximate surface area is 118 Å². The first-order valence-corrected chi connectivity index (χ1v) is 7.72. The Bertz CT molecular complexity index is 413. The molecule has 6 heteroatoms. The van der Waals surface area contributed by atoms with Gasteiger partial charge in [-0.3, -0.25) is 4.79 Å². The van der Waals surface area contributed by atoms with Crippen molar-refractivity contribution >= 4 is 17.2 Å². The summed E-state index contributed by atoms with van der Waals surface area (Å²) >= 11 is 1.43. The second kappa shape index (κ2) is 6.98. The summed E-state index contributed by atoms with van der Waals surface area (Å²) in [5.74, 6) is 0.747. The maximum absolute atomic E-state index is 11.8. The lowest BCUT2D eigenvalue weighted by molar-refractivity contribution is 0.0940. The largest absolute Gasteiger partial charge is 0.349 e. The summed E-state index contributed by atoms with van der Waals surface area (Å²) in [6, 6.07) is 0. The summed E-state index contributed by atoms with van der Waals surface area (Å²) in [6.45, 7) is 6.59. The molecule has 2 rings (SSSR count). The van der Waals surface area contributed by atoms with Gasteiger partial charge < -0.3 is 16.0 Å². The van der Waals surface area contributed by atoms with Gasteiger partial charge >= 0.3 is 0 Å². The molecule has 0 aromatic carbocycles. The van der Waals surface area contributed by atoms with E-state index in [9.17, 15) is 4.79 Å². The Balaban J connectivity index is 1.69. The summed E-state index contributed by atoms with van der Waals surface area (Å²) < 4.78 is 0. The van der Waals surface area contributed by atoms with Crippen LogP contribution >= 0.6 is 11.3 Å². The third-order valence-corrected chi connectivity index (χ3v) is 4.42. The Morgan fingerprint density at radius 2 is 2.32 bits per heavy atom. The molecule has 106 valence electrons. The van der Waals surface area contributed by atoms with Crippen molar-refractivity contribution in [3.63, 3.8) is 0 Å². The van der Waals surface area contributed by atoms with E-state index in [2.05, 4.69) is 22.1 Å². The van der Waals surface area contributed by atoms with Crippen molar-refractivity contribution in [2.24, 2.45) is 11.7 Å². The molecule has 0 aliphatic carbocycles. The molecule has 1 aromatic rings. The number of carbonyl (C=O) groups excluding carboxylic acids is 1. The number of rotatable bonds is 5. The minimum atomic E-state index is -0.0960. The van der Waals surface area contributed by atoms with Crippen LogP contribution in [0.25, 0.3) is 0 Å². The molecule has 0 saturated carbocycles. The second-order valence-corrected chi connectivity index (χ2v) is 6.05. The Hall–Kier alpha value is -0.980. The molecule has 1 aromatic heterocycles. The third kappa shape index (κ3) is 4.26. The van der Waals surface area contributed by atoms with Crippen LogP contribution in [0.3, 0.4) is 0 Å². The van der Waals surface area contributed by atoms with Crippen molar-refractivity contribution in [2.45, 2.75) is 26.3 Å². The molecule has 0 spiro atoms. The van der Waals surface area contributed by atoms with Crippen LogP contribution < -0.4 is 11.1 Å². The van der Waals surface area contributed by atoms with E-state index >= 15 is 0 Å². The van der Waals surface area contributed by atoms with Gasteiger partial charge in [-0.2, -0.15) is 0 Å². The number of piperidine rings is 1. The summed E-state index contributed by atoms with van der Waals surface area (Å²) in [4.78, 5) is 18.4. The molecule has 1 saturated heterocycles. The standard InChI is InChI=1S/C13H22N4OS/c1-10-2-5-17(6-3-10)7-4-15-13(18)11-9-19-12(8-14)16-11/h9-10H,2-8,14H2,1H3,(H,15,18). The van der Waals surface area contributed by atoms with Gasteiger partial charge in [-0.25, -0.2) is 4.98 Å². The zero-order valence-electron chi connectivity index (χ0n) is 11.4. The Kier molecular flexibility index (Phi) is 5.30. The van der Waals surface area contributed by atoms with Gasteiger partial charge in [-0.05, 0) is 31.8 Å². The van der Waals surface area contributed by atoms with E-state index in [0.29, 0.717) is 18.8 Å². The quantitative estimate of drug-likeness (QED) is 0.847. The average molecular weight is 282 g/mol. The molecule has 19 heavy (non-hydrogen) atoms. The van der Waals surface area contributed by atoms with E-state index in [1.807, 2.05) is 0 Å². The highest BCUT2D eigenvalue weighted by molar-refractivity contribution is 7.09. The number of nitrogens with two attached hydrogens (primary N) is 1. The van der Waals surface area contributed by atoms with E-state index in [-0.39, 0.29) is 5.91 Å². The molecule has 5 nitrogen and oxygen atoms in total. The molecule has 0 unspecified atom stereocenters. The first kappa shape index (κ1) is 14.4. The number of amides is 1. The highest BCUT2D eigenvalue weighted by atomic mass is 32.1. The fraction of sp³-hybridized carbons (Fsp3) is 0.692. The molecule has 1 fully saturated rings. The smallest absolute Gasteiger partial charge is 0.270 e. The zero-order chi connectivity index (χ0) is 13.7. The number of aromatic nitrogens is 1. The molecule has 3 N–H and O–H groups in total. The van der Waals surface area contributed by atoms with Crippen LogP contribution in [0.2, 0.25) is 0 Å². The van der Waals surface area contributed by atoms with Crippen LogP contribution in [0, 0.1) is 5.92 Å². The molecule has 0 atom stereocenters. The number of nitrogens with zero attached hydrogens (tertiary/aromatic N) is 2. The normalized spacial score (nSPS) is 17.6. The van der Waals surface area contributed by atoms with Crippen LogP contribution in [-0.2, 0) is 6.54 Å². The minimum absolute atomic E-state index is 0.0960. The average Bonchev–Trinajstić information content (AvgIpc) is 2.90. The fourth-order valence-electron chi connectivity index (χ4n) is 2.21. The molecule has 0 bridgehead atoms. The number of thiazole rings is 1. The van der Waals surface area contributed by atoms with Crippen LogP contribution in [0.1, 0.15) is 35.3 Å². The van der Waals surface area contributed by atoms with Gasteiger partial charge in [0.15, 0.2) is 0 Å². The van der Waals surface area contributed by atoms with E-state index < -0.39 is 0 Å². The van der Waals surface area contributed by atoms with E-state index in [1.165, 1.54) is 24.2 Å². The lowest BCUT2D eigenvalue weighted by Gasteiger charge is -2.30. The van der Waals surface area contributed by atoms with Crippen LogP contribution in [0.15, 0.2) is 5.38 Å². The summed E-state index contributed by atoms with van der Waals surface area (Å²) in [5, 5.41) is 5.48. The molecule has 2 heterocycles. The van der Waals surface area contributed by atoms with E-state index in [0.717, 1.165) is 30.6 Å². The Morgan fingerprint density at radius 1 is 1.58 bits per heavy atom. The van der Waals surface area contributed by atoms with Crippen molar-refractivity contribution in [1.29, 1.82) is 0 Å². The lowest BCUT2D eigenvalue weighted by atomic mass is 9.99. The summed E-state index contributed by atoms with van der Waals surface area (Å²) in [7, 11) is 0. The number of nitrogens with one attached hydrogen (secondary N) is 1. The molecule has 1 aliphatic rings. The minimum Gasteiger partial charge on any atom is -0.349 e. The van der Waals surface area contributed by atoms with Gasteiger partial charge in [0.05, 0.1) is 0 Å². The number of hydrogen-bond acceptors (Lipinski definition) is 5. The fourth-order valence-corrected chi connectivity index (χ4v) is 2.87. The van der Waals surface area contributed by atoms with Gasteiger partial charge in [0.1, 0.15) is 10.7 Å². The monoisotopic (exact) mass is 282 g/mol. The van der Waals surface area contributed by atoms with E-state index in [1.54, 1.807) is 5.38 Å². The maximum atomic E-state index is 11.8. The molecular weight excluding hydrogens is 260 g/mol. The molecular formula is C13H22N4OS. The maximum Gasteiger partial charge on any atom is 0.270 e. The Morgan fingerprint density at radius 3 is 2.95 bits per heavy atom. The van der Waals surface area contributed by atoms with Crippen LogP contribution in [-0.4, -0.2) is 42.0 Å². The zero-order valence-corrected chi connectivity index (χ0v) is 12.2. The summed E-state index contributed by atoms with van der Waals surface area (Å²) in [5.41, 5.74) is 5.97.